The van der Waals surface area contributed by atoms with Crippen molar-refractivity contribution in [3.63, 3.8) is 0 Å². The van der Waals surface area contributed by atoms with Gasteiger partial charge in [-0.05, 0) is 37.8 Å². The lowest BCUT2D eigenvalue weighted by Crippen LogP contribution is -2.26. The Morgan fingerprint density at radius 1 is 1.56 bits per heavy atom. The molecule has 1 saturated carbocycles. The lowest BCUT2D eigenvalue weighted by Gasteiger charge is -2.21. The minimum Gasteiger partial charge on any atom is -0.389 e. The average molecular weight is 235 g/mol. The van der Waals surface area contributed by atoms with Crippen molar-refractivity contribution in [1.29, 1.82) is 0 Å². The first-order valence-electron chi connectivity index (χ1n) is 5.71. The van der Waals surface area contributed by atoms with Crippen molar-refractivity contribution in [3.8, 4) is 0 Å². The summed E-state index contributed by atoms with van der Waals surface area (Å²) < 4.78 is 0. The number of hydrogen-bond donors (Lipinski definition) is 1. The lowest BCUT2D eigenvalue weighted by atomic mass is 10.2. The highest BCUT2D eigenvalue weighted by molar-refractivity contribution is 7.80. The number of pyridine rings is 1. The molecule has 0 bridgehead atoms. The summed E-state index contributed by atoms with van der Waals surface area (Å²) in [5, 5.41) is 0. The van der Waals surface area contributed by atoms with Gasteiger partial charge < -0.3 is 10.6 Å². The minimum absolute atomic E-state index is 0.407. The molecule has 0 saturated heterocycles. The Kier molecular flexibility index (Phi) is 3.39. The summed E-state index contributed by atoms with van der Waals surface area (Å²) in [6.45, 7) is 4.28. The van der Waals surface area contributed by atoms with Crippen LogP contribution in [0.4, 0.5) is 5.82 Å². The molecule has 1 aliphatic carbocycles. The third-order valence-corrected chi connectivity index (χ3v) is 3.15. The van der Waals surface area contributed by atoms with Gasteiger partial charge >= 0.3 is 0 Å². The number of nitrogens with zero attached hydrogens (tertiary/aromatic N) is 2. The largest absolute Gasteiger partial charge is 0.389 e. The Morgan fingerprint density at radius 3 is 2.75 bits per heavy atom. The van der Waals surface area contributed by atoms with Gasteiger partial charge in [-0.15, -0.1) is 0 Å². The molecular formula is C12H17N3S. The number of aromatic nitrogens is 1. The van der Waals surface area contributed by atoms with E-state index in [2.05, 4.69) is 16.8 Å². The smallest absolute Gasteiger partial charge is 0.128 e. The second kappa shape index (κ2) is 4.78. The van der Waals surface area contributed by atoms with Crippen LogP contribution in [0, 0.1) is 5.92 Å². The van der Waals surface area contributed by atoms with E-state index in [1.165, 1.54) is 12.8 Å². The standard InChI is InChI=1S/C12H17N3S/c1-2-15(8-9-3-4-9)11-6-5-10(7-14-11)12(13)16/h5-7,9H,2-4,8H2,1H3,(H2,13,16). The second-order valence-electron chi connectivity index (χ2n) is 4.25. The van der Waals surface area contributed by atoms with Crippen LogP contribution in [0.5, 0.6) is 0 Å². The zero-order chi connectivity index (χ0) is 11.5. The van der Waals surface area contributed by atoms with Gasteiger partial charge in [0.05, 0.1) is 0 Å². The molecule has 1 aromatic heterocycles. The molecule has 0 atom stereocenters. The highest BCUT2D eigenvalue weighted by Gasteiger charge is 2.24. The fraction of sp³-hybridized carbons (Fsp3) is 0.500. The monoisotopic (exact) mass is 235 g/mol. The van der Waals surface area contributed by atoms with E-state index in [0.29, 0.717) is 4.99 Å². The van der Waals surface area contributed by atoms with Gasteiger partial charge in [-0.1, -0.05) is 12.2 Å². The van der Waals surface area contributed by atoms with Crippen molar-refractivity contribution >= 4 is 23.0 Å². The van der Waals surface area contributed by atoms with E-state index in [1.54, 1.807) is 6.20 Å². The number of hydrogen-bond acceptors (Lipinski definition) is 3. The van der Waals surface area contributed by atoms with Crippen molar-refractivity contribution in [2.24, 2.45) is 11.7 Å². The summed E-state index contributed by atoms with van der Waals surface area (Å²) in [5.41, 5.74) is 6.38. The zero-order valence-corrected chi connectivity index (χ0v) is 10.3. The summed E-state index contributed by atoms with van der Waals surface area (Å²) in [7, 11) is 0. The molecule has 4 heteroatoms. The third kappa shape index (κ3) is 2.70. The van der Waals surface area contributed by atoms with Crippen LogP contribution >= 0.6 is 12.2 Å². The Labute approximate surface area is 102 Å². The first-order chi connectivity index (χ1) is 7.70. The first kappa shape index (κ1) is 11.3. The molecule has 0 spiro atoms. The van der Waals surface area contributed by atoms with Crippen LogP contribution < -0.4 is 10.6 Å². The van der Waals surface area contributed by atoms with Crippen molar-refractivity contribution in [1.82, 2.24) is 4.98 Å². The molecule has 2 N–H and O–H groups in total. The van der Waals surface area contributed by atoms with Gasteiger partial charge in [0.25, 0.3) is 0 Å². The highest BCUT2D eigenvalue weighted by atomic mass is 32.1. The predicted octanol–water partition coefficient (Wildman–Crippen LogP) is 1.95. The fourth-order valence-corrected chi connectivity index (χ4v) is 1.84. The van der Waals surface area contributed by atoms with E-state index in [9.17, 15) is 0 Å². The van der Waals surface area contributed by atoms with Gasteiger partial charge in [-0.2, -0.15) is 0 Å². The van der Waals surface area contributed by atoms with Crippen LogP contribution in [0.25, 0.3) is 0 Å². The van der Waals surface area contributed by atoms with E-state index in [1.807, 2.05) is 12.1 Å². The topological polar surface area (TPSA) is 42.1 Å². The Morgan fingerprint density at radius 2 is 2.31 bits per heavy atom. The molecule has 0 unspecified atom stereocenters. The summed E-state index contributed by atoms with van der Waals surface area (Å²) in [4.78, 5) is 7.12. The molecule has 1 aliphatic rings. The summed E-state index contributed by atoms with van der Waals surface area (Å²) in [6.07, 6.45) is 4.48. The normalized spacial score (nSPS) is 14.8. The Bertz CT molecular complexity index is 370. The molecule has 3 nitrogen and oxygen atoms in total. The molecule has 2 rings (SSSR count). The fourth-order valence-electron chi connectivity index (χ4n) is 1.72. The molecule has 1 heterocycles. The molecule has 16 heavy (non-hydrogen) atoms. The summed E-state index contributed by atoms with van der Waals surface area (Å²) >= 11 is 4.90. The van der Waals surface area contributed by atoms with E-state index in [0.717, 1.165) is 30.4 Å². The van der Waals surface area contributed by atoms with E-state index in [4.69, 9.17) is 18.0 Å². The second-order valence-corrected chi connectivity index (χ2v) is 4.69. The number of anilines is 1. The zero-order valence-electron chi connectivity index (χ0n) is 9.52. The molecule has 1 fully saturated rings. The van der Waals surface area contributed by atoms with Crippen molar-refractivity contribution in [2.45, 2.75) is 19.8 Å². The average Bonchev–Trinajstić information content (AvgIpc) is 3.10. The maximum Gasteiger partial charge on any atom is 0.128 e. The van der Waals surface area contributed by atoms with Gasteiger partial charge in [0.15, 0.2) is 0 Å². The molecule has 0 aliphatic heterocycles. The lowest BCUT2D eigenvalue weighted by molar-refractivity contribution is 0.732. The summed E-state index contributed by atoms with van der Waals surface area (Å²) in [6, 6.07) is 3.95. The molecular weight excluding hydrogens is 218 g/mol. The number of thiocarbonyl (C=S) groups is 1. The van der Waals surface area contributed by atoms with Crippen molar-refractivity contribution < 1.29 is 0 Å². The van der Waals surface area contributed by atoms with E-state index >= 15 is 0 Å². The molecule has 86 valence electrons. The quantitative estimate of drug-likeness (QED) is 0.792. The molecule has 0 radical (unpaired) electrons. The molecule has 0 amide bonds. The van der Waals surface area contributed by atoms with Crippen LogP contribution in [-0.2, 0) is 0 Å². The van der Waals surface area contributed by atoms with Gasteiger partial charge in [0, 0.05) is 24.8 Å². The minimum atomic E-state index is 0.407. The Balaban J connectivity index is 2.08. The SMILES string of the molecule is CCN(CC1CC1)c1ccc(C(N)=S)cn1. The van der Waals surface area contributed by atoms with Crippen LogP contribution in [0.15, 0.2) is 18.3 Å². The Hall–Kier alpha value is -1.16. The van der Waals surface area contributed by atoms with Crippen LogP contribution in [0.3, 0.4) is 0 Å². The molecule has 0 aromatic carbocycles. The van der Waals surface area contributed by atoms with Crippen molar-refractivity contribution in [2.75, 3.05) is 18.0 Å². The van der Waals surface area contributed by atoms with E-state index in [-0.39, 0.29) is 0 Å². The summed E-state index contributed by atoms with van der Waals surface area (Å²) in [5.74, 6) is 1.89. The van der Waals surface area contributed by atoms with Crippen LogP contribution in [-0.4, -0.2) is 23.1 Å². The van der Waals surface area contributed by atoms with E-state index < -0.39 is 0 Å². The third-order valence-electron chi connectivity index (χ3n) is 2.91. The van der Waals surface area contributed by atoms with Crippen LogP contribution in [0.1, 0.15) is 25.3 Å². The number of rotatable bonds is 5. The molecule has 1 aromatic rings. The number of nitrogens with two attached hydrogens (primary N) is 1. The predicted molar refractivity (Wildman–Crippen MR) is 70.7 cm³/mol. The highest BCUT2D eigenvalue weighted by Crippen LogP contribution is 2.30. The van der Waals surface area contributed by atoms with Crippen molar-refractivity contribution in [3.05, 3.63) is 23.9 Å². The maximum absolute atomic E-state index is 5.54. The van der Waals surface area contributed by atoms with Crippen LogP contribution in [0.2, 0.25) is 0 Å². The first-order valence-corrected chi connectivity index (χ1v) is 6.12. The van der Waals surface area contributed by atoms with Gasteiger partial charge in [0.2, 0.25) is 0 Å². The van der Waals surface area contributed by atoms with Gasteiger partial charge in [-0.25, -0.2) is 4.98 Å². The van der Waals surface area contributed by atoms with Gasteiger partial charge in [-0.3, -0.25) is 0 Å². The maximum atomic E-state index is 5.54. The van der Waals surface area contributed by atoms with Gasteiger partial charge in [0.1, 0.15) is 10.8 Å².